The van der Waals surface area contributed by atoms with Crippen LogP contribution in [0.3, 0.4) is 0 Å². The maximum absolute atomic E-state index is 14.7. The fraction of sp³-hybridized carbons (Fsp3) is 0.222. The van der Waals surface area contributed by atoms with Crippen LogP contribution in [0, 0.1) is 24.1 Å². The molecule has 0 aromatic heterocycles. The molecule has 0 fully saturated rings. The van der Waals surface area contributed by atoms with Crippen molar-refractivity contribution in [2.75, 3.05) is 18.5 Å². The van der Waals surface area contributed by atoms with Crippen molar-refractivity contribution in [1.82, 2.24) is 0 Å². The molecule has 3 rings (SSSR count). The van der Waals surface area contributed by atoms with Gasteiger partial charge in [0.15, 0.2) is 24.0 Å². The Labute approximate surface area is 223 Å². The van der Waals surface area contributed by atoms with Crippen molar-refractivity contribution in [2.45, 2.75) is 26.4 Å². The number of ether oxygens (including phenoxy) is 2. The quantitative estimate of drug-likeness (QED) is 0.334. The van der Waals surface area contributed by atoms with E-state index in [-0.39, 0.29) is 56.1 Å². The van der Waals surface area contributed by atoms with Crippen LogP contribution in [-0.2, 0) is 4.79 Å². The van der Waals surface area contributed by atoms with E-state index in [0.29, 0.717) is 0 Å². The molecule has 0 aliphatic rings. The summed E-state index contributed by atoms with van der Waals surface area (Å²) in [6, 6.07) is 13.3. The number of amides is 1. The summed E-state index contributed by atoms with van der Waals surface area (Å²) in [4.78, 5) is 25.7. The fourth-order valence-electron chi connectivity index (χ4n) is 3.24. The molecule has 0 aliphatic heterocycles. The Balaban J connectivity index is 1.74. The lowest BCUT2D eigenvalue weighted by Gasteiger charge is -2.19. The lowest BCUT2D eigenvalue weighted by molar-refractivity contribution is -0.118. The first-order valence-corrected chi connectivity index (χ1v) is 11.8. The van der Waals surface area contributed by atoms with E-state index in [9.17, 15) is 19.1 Å². The number of ketones is 1. The summed E-state index contributed by atoms with van der Waals surface area (Å²) in [7, 11) is 0. The number of carbonyl (C=O) groups excluding carboxylic acids is 2. The van der Waals surface area contributed by atoms with Gasteiger partial charge in [0.25, 0.3) is 5.91 Å². The largest absolute Gasteiger partial charge is 0.488 e. The van der Waals surface area contributed by atoms with Gasteiger partial charge in [-0.15, -0.1) is 0 Å². The minimum atomic E-state index is -1.14. The average molecular weight is 545 g/mol. The third-order valence-electron chi connectivity index (χ3n) is 5.04. The second kappa shape index (κ2) is 11.6. The van der Waals surface area contributed by atoms with Gasteiger partial charge >= 0.3 is 0 Å². The molecule has 0 saturated carbocycles. The van der Waals surface area contributed by atoms with Crippen LogP contribution in [0.25, 0.3) is 0 Å². The van der Waals surface area contributed by atoms with Crippen molar-refractivity contribution < 1.29 is 28.6 Å². The molecule has 0 bridgehead atoms. The van der Waals surface area contributed by atoms with Crippen LogP contribution in [-0.4, -0.2) is 35.6 Å². The molecule has 2 N–H and O–H groups in total. The van der Waals surface area contributed by atoms with Gasteiger partial charge in [0.2, 0.25) is 0 Å². The second-order valence-corrected chi connectivity index (χ2v) is 9.67. The molecule has 10 heteroatoms. The van der Waals surface area contributed by atoms with Crippen molar-refractivity contribution in [3.05, 3.63) is 86.6 Å². The monoisotopic (exact) mass is 544 g/mol. The predicted molar refractivity (Wildman–Crippen MR) is 138 cm³/mol. The highest BCUT2D eigenvalue weighted by Crippen LogP contribution is 2.29. The highest BCUT2D eigenvalue weighted by Gasteiger charge is 2.20. The molecule has 0 aliphatic carbocycles. The van der Waals surface area contributed by atoms with E-state index in [0.717, 1.165) is 0 Å². The number of nitrogens with one attached hydrogen (secondary N) is 1. The molecule has 0 unspecified atom stereocenters. The topological polar surface area (TPSA) is 109 Å². The van der Waals surface area contributed by atoms with Crippen molar-refractivity contribution in [3.8, 4) is 17.6 Å². The summed E-state index contributed by atoms with van der Waals surface area (Å²) in [5.41, 5.74) is -0.369. The van der Waals surface area contributed by atoms with Gasteiger partial charge in [-0.05, 0) is 69.3 Å². The van der Waals surface area contributed by atoms with Crippen LogP contribution in [0.4, 0.5) is 10.1 Å². The molecule has 192 valence electrons. The van der Waals surface area contributed by atoms with Gasteiger partial charge in [0.05, 0.1) is 22.8 Å². The molecule has 1 amide bonds. The first-order chi connectivity index (χ1) is 17.4. The molecule has 7 nitrogen and oxygen atoms in total. The molecule has 0 saturated heterocycles. The summed E-state index contributed by atoms with van der Waals surface area (Å²) < 4.78 is 25.6. The fourth-order valence-corrected chi connectivity index (χ4v) is 3.64. The van der Waals surface area contributed by atoms with E-state index in [4.69, 9.17) is 37.9 Å². The van der Waals surface area contributed by atoms with E-state index >= 15 is 0 Å². The van der Waals surface area contributed by atoms with E-state index < -0.39 is 29.7 Å². The molecule has 3 aromatic carbocycles. The zero-order chi connectivity index (χ0) is 27.3. The van der Waals surface area contributed by atoms with Gasteiger partial charge in [-0.3, -0.25) is 9.59 Å². The van der Waals surface area contributed by atoms with Gasteiger partial charge in [-0.1, -0.05) is 23.2 Å². The van der Waals surface area contributed by atoms with Crippen LogP contribution in [0.1, 0.15) is 40.9 Å². The van der Waals surface area contributed by atoms with Gasteiger partial charge in [-0.2, -0.15) is 5.26 Å². The smallest absolute Gasteiger partial charge is 0.262 e. The number of hydrogen-bond acceptors (Lipinski definition) is 6. The molecule has 0 heterocycles. The highest BCUT2D eigenvalue weighted by molar-refractivity contribution is 6.32. The summed E-state index contributed by atoms with van der Waals surface area (Å²) in [5, 5.41) is 22.0. The second-order valence-electron chi connectivity index (χ2n) is 8.80. The zero-order valence-corrected chi connectivity index (χ0v) is 21.7. The van der Waals surface area contributed by atoms with E-state index in [1.54, 1.807) is 0 Å². The maximum atomic E-state index is 14.7. The third-order valence-corrected chi connectivity index (χ3v) is 5.49. The number of benzene rings is 3. The van der Waals surface area contributed by atoms with Gasteiger partial charge in [0, 0.05) is 26.9 Å². The van der Waals surface area contributed by atoms with E-state index in [2.05, 4.69) is 5.32 Å². The molecular weight excluding hydrogens is 522 g/mol. The van der Waals surface area contributed by atoms with E-state index in [1.807, 2.05) is 6.07 Å². The Bertz CT molecular complexity index is 1400. The summed E-state index contributed by atoms with van der Waals surface area (Å²) in [6.07, 6.45) is 0. The van der Waals surface area contributed by atoms with Crippen molar-refractivity contribution in [3.63, 3.8) is 0 Å². The van der Waals surface area contributed by atoms with Crippen LogP contribution < -0.4 is 14.8 Å². The normalized spacial score (nSPS) is 11.0. The van der Waals surface area contributed by atoms with Crippen LogP contribution >= 0.6 is 23.2 Å². The Morgan fingerprint density at radius 1 is 1.05 bits per heavy atom. The minimum Gasteiger partial charge on any atom is -0.488 e. The number of aliphatic hydroxyl groups is 1. The summed E-state index contributed by atoms with van der Waals surface area (Å²) in [5.74, 6) is -1.75. The van der Waals surface area contributed by atoms with Crippen molar-refractivity contribution in [2.24, 2.45) is 0 Å². The average Bonchev–Trinajstić information content (AvgIpc) is 2.84. The first-order valence-electron chi connectivity index (χ1n) is 11.0. The molecule has 0 spiro atoms. The van der Waals surface area contributed by atoms with Gasteiger partial charge in [0.1, 0.15) is 12.4 Å². The lowest BCUT2D eigenvalue weighted by Crippen LogP contribution is -2.28. The number of anilines is 1. The number of nitriles is 1. The Kier molecular flexibility index (Phi) is 8.77. The molecular formula is C27H23Cl2FN2O5. The predicted octanol–water partition coefficient (Wildman–Crippen LogP) is 5.71. The number of halogens is 3. The molecule has 0 atom stereocenters. The standard InChI is InChI=1S/C27H23Cl2FN2O5/c1-15-21(5-7-23(25(15)30)37-14-27(2,3)35)32-24(33)13-36-22-6-4-18(28)11-20(22)26(34)17-8-16(12-31)9-19(29)10-17/h4-11,35H,13-14H2,1-3H3,(H,32,33). The van der Waals surface area contributed by atoms with Crippen molar-refractivity contribution in [1.29, 1.82) is 5.26 Å². The maximum Gasteiger partial charge on any atom is 0.262 e. The summed E-state index contributed by atoms with van der Waals surface area (Å²) in [6.45, 7) is 3.94. The van der Waals surface area contributed by atoms with Crippen LogP contribution in [0.2, 0.25) is 10.0 Å². The molecule has 0 radical (unpaired) electrons. The Morgan fingerprint density at radius 2 is 1.76 bits per heavy atom. The number of hydrogen-bond donors (Lipinski definition) is 2. The molecule has 3 aromatic rings. The summed E-state index contributed by atoms with van der Waals surface area (Å²) >= 11 is 12.1. The lowest BCUT2D eigenvalue weighted by atomic mass is 10.0. The van der Waals surface area contributed by atoms with Crippen molar-refractivity contribution >= 4 is 40.6 Å². The zero-order valence-electron chi connectivity index (χ0n) is 20.2. The molecule has 37 heavy (non-hydrogen) atoms. The number of nitrogens with zero attached hydrogens (tertiary/aromatic N) is 1. The van der Waals surface area contributed by atoms with E-state index in [1.165, 1.54) is 69.3 Å². The van der Waals surface area contributed by atoms with Crippen LogP contribution in [0.15, 0.2) is 48.5 Å². The SMILES string of the molecule is Cc1c(NC(=O)COc2ccc(Cl)cc2C(=O)c2cc(Cl)cc(C#N)c2)ccc(OCC(C)(C)O)c1F. The minimum absolute atomic E-state index is 0.0567. The third kappa shape index (κ3) is 7.43. The number of rotatable bonds is 9. The first kappa shape index (κ1) is 27.9. The Morgan fingerprint density at radius 3 is 2.43 bits per heavy atom. The van der Waals surface area contributed by atoms with Gasteiger partial charge in [-0.25, -0.2) is 4.39 Å². The number of carbonyl (C=O) groups is 2. The Hall–Kier alpha value is -3.64. The highest BCUT2D eigenvalue weighted by atomic mass is 35.5. The van der Waals surface area contributed by atoms with Gasteiger partial charge < -0.3 is 19.9 Å². The van der Waals surface area contributed by atoms with Crippen LogP contribution in [0.5, 0.6) is 11.5 Å².